The van der Waals surface area contributed by atoms with Crippen LogP contribution in [0.15, 0.2) is 36.4 Å². The fourth-order valence-electron chi connectivity index (χ4n) is 1.85. The van der Waals surface area contributed by atoms with Crippen LogP contribution in [0.2, 0.25) is 0 Å². The number of phosphoric acid groups is 1. The van der Waals surface area contributed by atoms with Gasteiger partial charge in [0.2, 0.25) is 0 Å². The minimum atomic E-state index is -4.57. The van der Waals surface area contributed by atoms with E-state index in [4.69, 9.17) is 15.5 Å². The van der Waals surface area contributed by atoms with Crippen LogP contribution in [0.3, 0.4) is 0 Å². The van der Waals surface area contributed by atoms with Crippen LogP contribution in [0.5, 0.6) is 5.75 Å². The molecule has 102 valence electrons. The molecule has 0 heterocycles. The van der Waals surface area contributed by atoms with Crippen molar-refractivity contribution in [1.82, 2.24) is 0 Å². The van der Waals surface area contributed by atoms with Gasteiger partial charge in [-0.15, -0.1) is 0 Å². The number of nitrogens with two attached hydrogens (primary N) is 1. The molecular weight excluding hydrogens is 267 g/mol. The van der Waals surface area contributed by atoms with E-state index in [1.54, 1.807) is 18.2 Å². The molecule has 0 amide bonds. The van der Waals surface area contributed by atoms with Gasteiger partial charge in [0.25, 0.3) is 0 Å². The topological polar surface area (TPSA) is 105 Å². The Labute approximate surface area is 110 Å². The highest BCUT2D eigenvalue weighted by atomic mass is 31.2. The average Bonchev–Trinajstić information content (AvgIpc) is 2.35. The summed E-state index contributed by atoms with van der Waals surface area (Å²) in [7, 11) is -4.57. The maximum atomic E-state index is 10.9. The van der Waals surface area contributed by atoms with Gasteiger partial charge in [-0.1, -0.05) is 24.3 Å². The first kappa shape index (κ1) is 13.8. The van der Waals surface area contributed by atoms with Gasteiger partial charge in [-0.3, -0.25) is 9.79 Å². The van der Waals surface area contributed by atoms with Crippen molar-refractivity contribution < 1.29 is 18.9 Å². The molecule has 2 rings (SSSR count). The Morgan fingerprint density at radius 3 is 2.53 bits per heavy atom. The third-order valence-corrected chi connectivity index (χ3v) is 2.99. The van der Waals surface area contributed by atoms with E-state index in [2.05, 4.69) is 9.84 Å². The normalized spacial score (nSPS) is 11.5. The summed E-state index contributed by atoms with van der Waals surface area (Å²) >= 11 is 0. The highest BCUT2D eigenvalue weighted by Crippen LogP contribution is 2.41. The number of benzene rings is 2. The molecular formula is C12H15N2O4P. The molecule has 0 spiro atoms. The third-order valence-electron chi connectivity index (χ3n) is 2.56. The van der Waals surface area contributed by atoms with Gasteiger partial charge in [0.1, 0.15) is 5.75 Å². The molecule has 5 N–H and O–H groups in total. The van der Waals surface area contributed by atoms with Crippen LogP contribution in [0.4, 0.5) is 5.69 Å². The summed E-state index contributed by atoms with van der Waals surface area (Å²) in [6, 6.07) is 10.5. The highest BCUT2D eigenvalue weighted by Gasteiger charge is 2.17. The lowest BCUT2D eigenvalue weighted by atomic mass is 10.1. The summed E-state index contributed by atoms with van der Waals surface area (Å²) in [4.78, 5) is 17.8. The molecule has 19 heavy (non-hydrogen) atoms. The molecule has 2 aromatic rings. The van der Waals surface area contributed by atoms with Crippen molar-refractivity contribution in [2.45, 2.75) is 0 Å². The molecule has 0 aliphatic rings. The van der Waals surface area contributed by atoms with Gasteiger partial charge in [-0.25, -0.2) is 4.57 Å². The lowest BCUT2D eigenvalue weighted by molar-refractivity contribution is 0.284. The summed E-state index contributed by atoms with van der Waals surface area (Å²) in [5.41, 5.74) is 6.29. The monoisotopic (exact) mass is 282 g/mol. The predicted octanol–water partition coefficient (Wildman–Crippen LogP) is 1.68. The Kier molecular flexibility index (Phi) is 4.07. The van der Waals surface area contributed by atoms with Crippen molar-refractivity contribution in [2.75, 3.05) is 18.4 Å². The van der Waals surface area contributed by atoms with Crippen LogP contribution in [0, 0.1) is 0 Å². The second-order valence-electron chi connectivity index (χ2n) is 3.95. The quantitative estimate of drug-likeness (QED) is 0.622. The van der Waals surface area contributed by atoms with Crippen LogP contribution in [0.25, 0.3) is 10.8 Å². The van der Waals surface area contributed by atoms with Crippen LogP contribution in [-0.2, 0) is 4.57 Å². The lowest BCUT2D eigenvalue weighted by Gasteiger charge is -2.13. The van der Waals surface area contributed by atoms with Crippen molar-refractivity contribution in [3.8, 4) is 5.75 Å². The number of phosphoric ester groups is 1. The molecule has 0 bridgehead atoms. The van der Waals surface area contributed by atoms with Crippen LogP contribution in [0.1, 0.15) is 0 Å². The minimum absolute atomic E-state index is 0.155. The number of hydrogen-bond donors (Lipinski definition) is 4. The Morgan fingerprint density at radius 1 is 1.16 bits per heavy atom. The maximum absolute atomic E-state index is 10.9. The molecule has 0 aliphatic heterocycles. The van der Waals surface area contributed by atoms with Crippen molar-refractivity contribution in [3.05, 3.63) is 36.4 Å². The average molecular weight is 282 g/mol. The van der Waals surface area contributed by atoms with E-state index in [0.717, 1.165) is 11.1 Å². The first-order valence-electron chi connectivity index (χ1n) is 5.72. The van der Waals surface area contributed by atoms with Crippen molar-refractivity contribution >= 4 is 24.3 Å². The molecule has 2 aromatic carbocycles. The third kappa shape index (κ3) is 3.45. The number of hydrogen-bond acceptors (Lipinski definition) is 4. The van der Waals surface area contributed by atoms with Gasteiger partial charge < -0.3 is 15.6 Å². The first-order chi connectivity index (χ1) is 9.01. The zero-order chi connectivity index (χ0) is 13.9. The summed E-state index contributed by atoms with van der Waals surface area (Å²) in [6.45, 7) is 1.11. The molecule has 6 nitrogen and oxygen atoms in total. The van der Waals surface area contributed by atoms with Gasteiger partial charge in [0, 0.05) is 29.5 Å². The second-order valence-corrected chi connectivity index (χ2v) is 5.12. The molecule has 7 heteroatoms. The highest BCUT2D eigenvalue weighted by molar-refractivity contribution is 7.46. The molecule has 0 fully saturated rings. The van der Waals surface area contributed by atoms with Crippen LogP contribution < -0.4 is 15.6 Å². The Bertz CT molecular complexity index is 626. The Balaban J connectivity index is 2.48. The van der Waals surface area contributed by atoms with Gasteiger partial charge in [0.15, 0.2) is 0 Å². The van der Waals surface area contributed by atoms with E-state index in [9.17, 15) is 4.57 Å². The zero-order valence-electron chi connectivity index (χ0n) is 10.1. The summed E-state index contributed by atoms with van der Waals surface area (Å²) in [5, 5.41) is 4.61. The van der Waals surface area contributed by atoms with Gasteiger partial charge in [0.05, 0.1) is 0 Å². The number of rotatable bonds is 5. The van der Waals surface area contributed by atoms with E-state index in [1.807, 2.05) is 12.1 Å². The van der Waals surface area contributed by atoms with Gasteiger partial charge >= 0.3 is 7.82 Å². The van der Waals surface area contributed by atoms with Crippen LogP contribution >= 0.6 is 7.82 Å². The van der Waals surface area contributed by atoms with Gasteiger partial charge in [-0.05, 0) is 12.1 Å². The molecule has 0 unspecified atom stereocenters. The standard InChI is InChI=1S/C12H15N2O4P/c13-7-8-14-11-5-1-4-10-9(11)3-2-6-12(10)18-19(15,16)17/h1-6,14H,7-8,13H2,(H2,15,16,17). The van der Waals surface area contributed by atoms with E-state index in [-0.39, 0.29) is 5.75 Å². The SMILES string of the molecule is NCCNc1cccc2c(OP(=O)(O)O)cccc12. The first-order valence-corrected chi connectivity index (χ1v) is 7.25. The second kappa shape index (κ2) is 5.59. The molecule has 0 saturated heterocycles. The maximum Gasteiger partial charge on any atom is 0.524 e. The summed E-state index contributed by atoms with van der Waals surface area (Å²) in [5.74, 6) is 0.155. The fourth-order valence-corrected chi connectivity index (χ4v) is 2.27. The Morgan fingerprint density at radius 2 is 1.84 bits per heavy atom. The number of fused-ring (bicyclic) bond motifs is 1. The van der Waals surface area contributed by atoms with Crippen molar-refractivity contribution in [2.24, 2.45) is 5.73 Å². The zero-order valence-corrected chi connectivity index (χ0v) is 11.0. The molecule has 0 saturated carbocycles. The molecule has 0 aromatic heterocycles. The predicted molar refractivity (Wildman–Crippen MR) is 74.2 cm³/mol. The fraction of sp³-hybridized carbons (Fsp3) is 0.167. The lowest BCUT2D eigenvalue weighted by Crippen LogP contribution is -2.13. The summed E-state index contributed by atoms with van der Waals surface area (Å²) < 4.78 is 15.6. The molecule has 0 radical (unpaired) electrons. The Hall–Kier alpha value is -1.59. The van der Waals surface area contributed by atoms with Crippen LogP contribution in [-0.4, -0.2) is 22.9 Å². The largest absolute Gasteiger partial charge is 0.524 e. The number of nitrogens with one attached hydrogen (secondary N) is 1. The van der Waals surface area contributed by atoms with Crippen molar-refractivity contribution in [3.63, 3.8) is 0 Å². The summed E-state index contributed by atoms with van der Waals surface area (Å²) in [6.07, 6.45) is 0. The minimum Gasteiger partial charge on any atom is -0.404 e. The van der Waals surface area contributed by atoms with E-state index < -0.39 is 7.82 Å². The van der Waals surface area contributed by atoms with Gasteiger partial charge in [-0.2, -0.15) is 0 Å². The molecule has 0 atom stereocenters. The van der Waals surface area contributed by atoms with E-state index in [0.29, 0.717) is 18.5 Å². The van der Waals surface area contributed by atoms with E-state index >= 15 is 0 Å². The number of anilines is 1. The van der Waals surface area contributed by atoms with E-state index in [1.165, 1.54) is 6.07 Å². The smallest absolute Gasteiger partial charge is 0.404 e. The molecule has 0 aliphatic carbocycles. The van der Waals surface area contributed by atoms with Crippen molar-refractivity contribution in [1.29, 1.82) is 0 Å².